The van der Waals surface area contributed by atoms with Gasteiger partial charge in [-0.25, -0.2) is 0 Å². The summed E-state index contributed by atoms with van der Waals surface area (Å²) in [4.78, 5) is 0.0660. The molecule has 0 heterocycles. The second-order valence-corrected chi connectivity index (χ2v) is 6.05. The van der Waals surface area contributed by atoms with Crippen LogP contribution in [0, 0.1) is 6.92 Å². The van der Waals surface area contributed by atoms with Crippen molar-refractivity contribution in [2.75, 3.05) is 0 Å². The highest BCUT2D eigenvalue weighted by molar-refractivity contribution is 7.86. The summed E-state index contributed by atoms with van der Waals surface area (Å²) < 4.78 is 56.7. The summed E-state index contributed by atoms with van der Waals surface area (Å²) in [5.41, 5.74) is 0.938. The molecule has 0 atom stereocenters. The van der Waals surface area contributed by atoms with Gasteiger partial charge >= 0.3 is 6.61 Å². The molecule has 0 spiro atoms. The first kappa shape index (κ1) is 14.4. The van der Waals surface area contributed by atoms with E-state index in [1.165, 1.54) is 12.1 Å². The number of alkyl halides is 2. The lowest BCUT2D eigenvalue weighted by atomic mass is 9.92. The van der Waals surface area contributed by atoms with E-state index in [2.05, 4.69) is 4.74 Å². The monoisotopic (exact) mass is 292 g/mol. The Morgan fingerprint density at radius 3 is 2.26 bits per heavy atom. The van der Waals surface area contributed by atoms with Gasteiger partial charge in [0.25, 0.3) is 10.1 Å². The zero-order valence-electron chi connectivity index (χ0n) is 10.3. The number of halogens is 2. The van der Waals surface area contributed by atoms with Gasteiger partial charge in [0.05, 0.1) is 17.1 Å². The van der Waals surface area contributed by atoms with E-state index in [0.717, 1.165) is 5.56 Å². The maximum Gasteiger partial charge on any atom is 0.345 e. The fourth-order valence-electron chi connectivity index (χ4n) is 1.79. The van der Waals surface area contributed by atoms with Crippen molar-refractivity contribution >= 4 is 10.1 Å². The Hall–Kier alpha value is -1.05. The van der Waals surface area contributed by atoms with Gasteiger partial charge in [0.1, 0.15) is 0 Å². The average molecular weight is 292 g/mol. The van der Waals surface area contributed by atoms with Crippen LogP contribution in [0.3, 0.4) is 0 Å². The second kappa shape index (κ2) is 5.52. The quantitative estimate of drug-likeness (QED) is 0.782. The normalized spacial score (nSPS) is 23.4. The Kier molecular flexibility index (Phi) is 4.17. The fraction of sp³-hybridized carbons (Fsp3) is 0.500. The Morgan fingerprint density at radius 2 is 1.74 bits per heavy atom. The summed E-state index contributed by atoms with van der Waals surface area (Å²) in [7, 11) is -3.83. The molecular weight excluding hydrogens is 278 g/mol. The number of ether oxygens (including phenoxy) is 1. The Bertz CT molecular complexity index is 521. The molecule has 0 aliphatic heterocycles. The van der Waals surface area contributed by atoms with Crippen molar-refractivity contribution in [2.45, 2.75) is 43.5 Å². The fourth-order valence-corrected chi connectivity index (χ4v) is 2.89. The molecular formula is C12H14F2O4S. The molecule has 0 aromatic heterocycles. The summed E-state index contributed by atoms with van der Waals surface area (Å²) in [5.74, 6) is 0. The minimum Gasteiger partial charge on any atom is -0.319 e. The van der Waals surface area contributed by atoms with Gasteiger partial charge in [0.2, 0.25) is 0 Å². The minimum atomic E-state index is -3.83. The third kappa shape index (κ3) is 3.71. The molecule has 7 heteroatoms. The van der Waals surface area contributed by atoms with E-state index in [9.17, 15) is 17.2 Å². The third-order valence-electron chi connectivity index (χ3n) is 2.92. The predicted molar refractivity (Wildman–Crippen MR) is 63.3 cm³/mol. The number of rotatable bonds is 5. The standard InChI is InChI=1S/C12H14F2O4S/c1-8-2-4-11(5-3-8)19(15,16)18-10-6-9(7-10)17-12(13)14/h2-5,9-10,12H,6-7H2,1H3. The van der Waals surface area contributed by atoms with Gasteiger partial charge in [0, 0.05) is 12.8 Å². The lowest BCUT2D eigenvalue weighted by molar-refractivity contribution is -0.196. The molecule has 1 aromatic carbocycles. The predicted octanol–water partition coefficient (Wildman–Crippen LogP) is 2.47. The van der Waals surface area contributed by atoms with E-state index in [1.807, 2.05) is 6.92 Å². The van der Waals surface area contributed by atoms with Crippen LogP contribution in [-0.2, 0) is 19.0 Å². The lowest BCUT2D eigenvalue weighted by Gasteiger charge is -2.33. The molecule has 1 saturated carbocycles. The SMILES string of the molecule is Cc1ccc(S(=O)(=O)OC2CC(OC(F)F)C2)cc1. The van der Waals surface area contributed by atoms with Crippen LogP contribution in [0.1, 0.15) is 18.4 Å². The van der Waals surface area contributed by atoms with Gasteiger partial charge in [-0.1, -0.05) is 17.7 Å². The molecule has 1 fully saturated rings. The summed E-state index contributed by atoms with van der Waals surface area (Å²) >= 11 is 0. The number of benzene rings is 1. The molecule has 0 saturated heterocycles. The van der Waals surface area contributed by atoms with Gasteiger partial charge in [-0.3, -0.25) is 4.18 Å². The molecule has 0 bridgehead atoms. The van der Waals surface area contributed by atoms with Crippen molar-refractivity contribution in [3.63, 3.8) is 0 Å². The maximum atomic E-state index is 11.9. The smallest absolute Gasteiger partial charge is 0.319 e. The van der Waals surface area contributed by atoms with E-state index >= 15 is 0 Å². The van der Waals surface area contributed by atoms with Crippen molar-refractivity contribution < 1.29 is 26.1 Å². The summed E-state index contributed by atoms with van der Waals surface area (Å²) in [5, 5.41) is 0. The summed E-state index contributed by atoms with van der Waals surface area (Å²) in [6.45, 7) is -0.991. The van der Waals surface area contributed by atoms with Crippen molar-refractivity contribution in [1.29, 1.82) is 0 Å². The van der Waals surface area contributed by atoms with Crippen molar-refractivity contribution in [2.24, 2.45) is 0 Å². The van der Waals surface area contributed by atoms with Crippen LogP contribution in [0.4, 0.5) is 8.78 Å². The van der Waals surface area contributed by atoms with E-state index in [4.69, 9.17) is 4.18 Å². The molecule has 1 aromatic rings. The van der Waals surface area contributed by atoms with Crippen LogP contribution in [0.25, 0.3) is 0 Å². The minimum absolute atomic E-state index is 0.0660. The molecule has 0 N–H and O–H groups in total. The topological polar surface area (TPSA) is 52.6 Å². The Labute approximate surface area is 110 Å². The van der Waals surface area contributed by atoms with Gasteiger partial charge in [0.15, 0.2) is 0 Å². The largest absolute Gasteiger partial charge is 0.345 e. The van der Waals surface area contributed by atoms with E-state index in [1.54, 1.807) is 12.1 Å². The van der Waals surface area contributed by atoms with E-state index in [-0.39, 0.29) is 17.7 Å². The highest BCUT2D eigenvalue weighted by atomic mass is 32.2. The molecule has 2 rings (SSSR count). The highest BCUT2D eigenvalue weighted by Gasteiger charge is 2.36. The number of hydrogen-bond donors (Lipinski definition) is 0. The zero-order valence-corrected chi connectivity index (χ0v) is 11.1. The molecule has 19 heavy (non-hydrogen) atoms. The number of hydrogen-bond acceptors (Lipinski definition) is 4. The molecule has 1 aliphatic carbocycles. The molecule has 4 nitrogen and oxygen atoms in total. The second-order valence-electron chi connectivity index (χ2n) is 4.48. The van der Waals surface area contributed by atoms with Crippen molar-refractivity contribution in [3.05, 3.63) is 29.8 Å². The summed E-state index contributed by atoms with van der Waals surface area (Å²) in [6, 6.07) is 6.24. The van der Waals surface area contributed by atoms with E-state index in [0.29, 0.717) is 0 Å². The number of aryl methyl sites for hydroxylation is 1. The molecule has 0 radical (unpaired) electrons. The van der Waals surface area contributed by atoms with Gasteiger partial charge in [-0.05, 0) is 19.1 Å². The average Bonchev–Trinajstić information content (AvgIpc) is 2.26. The Balaban J connectivity index is 1.91. The van der Waals surface area contributed by atoms with Crippen LogP contribution in [0.15, 0.2) is 29.2 Å². The van der Waals surface area contributed by atoms with Crippen LogP contribution in [0.5, 0.6) is 0 Å². The summed E-state index contributed by atoms with van der Waals surface area (Å²) in [6.07, 6.45) is -0.890. The zero-order chi connectivity index (χ0) is 14.0. The van der Waals surface area contributed by atoms with Gasteiger partial charge in [-0.15, -0.1) is 0 Å². The van der Waals surface area contributed by atoms with Crippen LogP contribution >= 0.6 is 0 Å². The van der Waals surface area contributed by atoms with Crippen molar-refractivity contribution in [3.8, 4) is 0 Å². The highest BCUT2D eigenvalue weighted by Crippen LogP contribution is 2.30. The van der Waals surface area contributed by atoms with Crippen LogP contribution < -0.4 is 0 Å². The Morgan fingerprint density at radius 1 is 1.16 bits per heavy atom. The van der Waals surface area contributed by atoms with Crippen LogP contribution in [-0.4, -0.2) is 27.2 Å². The molecule has 0 unspecified atom stereocenters. The van der Waals surface area contributed by atoms with E-state index < -0.39 is 28.9 Å². The lowest BCUT2D eigenvalue weighted by Crippen LogP contribution is -2.39. The molecule has 106 valence electrons. The van der Waals surface area contributed by atoms with Gasteiger partial charge in [-0.2, -0.15) is 17.2 Å². The first-order valence-electron chi connectivity index (χ1n) is 5.80. The molecule has 0 amide bonds. The third-order valence-corrected chi connectivity index (χ3v) is 4.29. The molecule has 1 aliphatic rings. The van der Waals surface area contributed by atoms with Crippen LogP contribution in [0.2, 0.25) is 0 Å². The maximum absolute atomic E-state index is 11.9. The van der Waals surface area contributed by atoms with Gasteiger partial charge < -0.3 is 4.74 Å². The first-order valence-corrected chi connectivity index (χ1v) is 7.21. The first-order chi connectivity index (χ1) is 8.87. The van der Waals surface area contributed by atoms with Crippen molar-refractivity contribution in [1.82, 2.24) is 0 Å².